The van der Waals surface area contributed by atoms with E-state index in [1.165, 1.54) is 30.9 Å². The monoisotopic (exact) mass is 366 g/mol. The number of hydrogen-bond acceptors (Lipinski definition) is 2. The molecule has 2 saturated carbocycles. The summed E-state index contributed by atoms with van der Waals surface area (Å²) in [6.45, 7) is 3.98. The molecule has 4 aliphatic carbocycles. The van der Waals surface area contributed by atoms with Gasteiger partial charge in [0, 0.05) is 13.2 Å². The van der Waals surface area contributed by atoms with Crippen molar-refractivity contribution < 1.29 is 8.85 Å². The molecule has 0 amide bonds. The molecule has 3 heteroatoms. The van der Waals surface area contributed by atoms with Crippen LogP contribution in [-0.2, 0) is 8.85 Å². The van der Waals surface area contributed by atoms with Crippen molar-refractivity contribution in [1.29, 1.82) is 0 Å². The maximum absolute atomic E-state index is 6.66. The molecule has 26 heavy (non-hydrogen) atoms. The van der Waals surface area contributed by atoms with Gasteiger partial charge < -0.3 is 8.85 Å². The lowest BCUT2D eigenvalue weighted by Crippen LogP contribution is -2.52. The quantitative estimate of drug-likeness (QED) is 0.525. The molecular formula is C23H30O2Si. The van der Waals surface area contributed by atoms with E-state index in [-0.39, 0.29) is 0 Å². The van der Waals surface area contributed by atoms with Crippen LogP contribution in [0.15, 0.2) is 54.6 Å². The third-order valence-electron chi connectivity index (χ3n) is 7.28. The molecule has 5 rings (SSSR count). The van der Waals surface area contributed by atoms with E-state index in [9.17, 15) is 0 Å². The topological polar surface area (TPSA) is 18.5 Å². The van der Waals surface area contributed by atoms with Crippen LogP contribution in [0.4, 0.5) is 0 Å². The zero-order chi connectivity index (χ0) is 17.6. The molecule has 0 N–H and O–H groups in total. The van der Waals surface area contributed by atoms with Crippen LogP contribution in [0.1, 0.15) is 25.7 Å². The maximum Gasteiger partial charge on any atom is 0.369 e. The highest BCUT2D eigenvalue weighted by Crippen LogP contribution is 2.45. The van der Waals surface area contributed by atoms with Crippen molar-refractivity contribution in [3.05, 3.63) is 54.6 Å². The van der Waals surface area contributed by atoms with E-state index in [0.29, 0.717) is 11.8 Å². The van der Waals surface area contributed by atoms with Gasteiger partial charge in [-0.1, -0.05) is 54.6 Å². The molecule has 1 aromatic rings. The number of rotatable bonds is 7. The maximum atomic E-state index is 6.66. The van der Waals surface area contributed by atoms with Crippen molar-refractivity contribution in [1.82, 2.24) is 0 Å². The van der Waals surface area contributed by atoms with Crippen LogP contribution in [0, 0.1) is 35.5 Å². The molecule has 0 saturated heterocycles. The normalized spacial score (nSPS) is 39.0. The van der Waals surface area contributed by atoms with Gasteiger partial charge in [0.25, 0.3) is 0 Å². The van der Waals surface area contributed by atoms with E-state index in [2.05, 4.69) is 61.2 Å². The first-order valence-corrected chi connectivity index (χ1v) is 12.7. The van der Waals surface area contributed by atoms with Crippen molar-refractivity contribution in [2.45, 2.75) is 32.2 Å². The third-order valence-corrected chi connectivity index (χ3v) is 10.1. The molecule has 2 fully saturated rings. The summed E-state index contributed by atoms with van der Waals surface area (Å²) in [5, 5.41) is 1.28. The van der Waals surface area contributed by atoms with Gasteiger partial charge in [0.1, 0.15) is 0 Å². The van der Waals surface area contributed by atoms with Crippen LogP contribution in [0.25, 0.3) is 0 Å². The van der Waals surface area contributed by atoms with Crippen molar-refractivity contribution in [3.8, 4) is 0 Å². The highest BCUT2D eigenvalue weighted by Gasteiger charge is 2.42. The standard InChI is InChI=1S/C23H30O2Si/c1-26(23-5-3-2-4-6-23,24-15-21-13-17-7-9-19(21)11-17)25-16-22-14-18-8-10-20(22)12-18/h2-10,17-22H,11-16H2,1H3. The minimum absolute atomic E-state index is 0.689. The molecule has 138 valence electrons. The van der Waals surface area contributed by atoms with Crippen molar-refractivity contribution in [2.24, 2.45) is 35.5 Å². The Morgan fingerprint density at radius 2 is 1.31 bits per heavy atom. The van der Waals surface area contributed by atoms with Crippen molar-refractivity contribution in [2.75, 3.05) is 13.2 Å². The van der Waals surface area contributed by atoms with Crippen LogP contribution in [0.5, 0.6) is 0 Å². The molecule has 4 bridgehead atoms. The zero-order valence-corrected chi connectivity index (χ0v) is 16.7. The number of fused-ring (bicyclic) bond motifs is 4. The fourth-order valence-electron chi connectivity index (χ4n) is 5.65. The average molecular weight is 367 g/mol. The van der Waals surface area contributed by atoms with Crippen LogP contribution >= 0.6 is 0 Å². The number of hydrogen-bond donors (Lipinski definition) is 0. The van der Waals surface area contributed by atoms with Gasteiger partial charge in [0.05, 0.1) is 0 Å². The fourth-order valence-corrected chi connectivity index (χ4v) is 7.93. The van der Waals surface area contributed by atoms with Gasteiger partial charge in [0.15, 0.2) is 0 Å². The van der Waals surface area contributed by atoms with E-state index in [1.807, 2.05) is 0 Å². The molecule has 6 atom stereocenters. The Morgan fingerprint density at radius 1 is 0.769 bits per heavy atom. The first-order valence-electron chi connectivity index (χ1n) is 10.4. The predicted octanol–water partition coefficient (Wildman–Crippen LogP) is 4.42. The van der Waals surface area contributed by atoms with Crippen molar-refractivity contribution in [3.63, 3.8) is 0 Å². The minimum atomic E-state index is -2.36. The summed E-state index contributed by atoms with van der Waals surface area (Å²) in [5.74, 6) is 4.47. The molecule has 1 aromatic carbocycles. The first kappa shape index (κ1) is 17.0. The van der Waals surface area contributed by atoms with Gasteiger partial charge >= 0.3 is 8.56 Å². The predicted molar refractivity (Wildman–Crippen MR) is 107 cm³/mol. The minimum Gasteiger partial charge on any atom is -0.391 e. The second-order valence-electron chi connectivity index (χ2n) is 9.01. The first-order chi connectivity index (χ1) is 12.7. The van der Waals surface area contributed by atoms with Crippen LogP contribution in [0.2, 0.25) is 6.55 Å². The smallest absolute Gasteiger partial charge is 0.369 e. The number of allylic oxidation sites excluding steroid dienone is 4. The number of benzene rings is 1. The molecule has 0 aromatic heterocycles. The van der Waals surface area contributed by atoms with Crippen LogP contribution < -0.4 is 5.19 Å². The van der Waals surface area contributed by atoms with Gasteiger partial charge in [-0.2, -0.15) is 0 Å². The molecule has 0 radical (unpaired) electrons. The van der Waals surface area contributed by atoms with Gasteiger partial charge in [-0.05, 0) is 72.9 Å². The van der Waals surface area contributed by atoms with E-state index >= 15 is 0 Å². The Balaban J connectivity index is 1.27. The van der Waals surface area contributed by atoms with E-state index in [4.69, 9.17) is 8.85 Å². The second-order valence-corrected chi connectivity index (χ2v) is 12.1. The van der Waals surface area contributed by atoms with Crippen LogP contribution in [0.3, 0.4) is 0 Å². The Labute approximate surface area is 158 Å². The molecular weight excluding hydrogens is 336 g/mol. The summed E-state index contributed by atoms with van der Waals surface area (Å²) >= 11 is 0. The van der Waals surface area contributed by atoms with Crippen LogP contribution in [-0.4, -0.2) is 21.8 Å². The third kappa shape index (κ3) is 3.15. The summed E-state index contributed by atoms with van der Waals surface area (Å²) in [6, 6.07) is 10.7. The molecule has 6 unspecified atom stereocenters. The summed E-state index contributed by atoms with van der Waals surface area (Å²) in [7, 11) is -2.36. The van der Waals surface area contributed by atoms with E-state index in [1.54, 1.807) is 0 Å². The van der Waals surface area contributed by atoms with Gasteiger partial charge in [-0.15, -0.1) is 0 Å². The Bertz CT molecular complexity index is 659. The lowest BCUT2D eigenvalue weighted by Gasteiger charge is -2.32. The largest absolute Gasteiger partial charge is 0.391 e. The summed E-state index contributed by atoms with van der Waals surface area (Å²) in [4.78, 5) is 0. The highest BCUT2D eigenvalue weighted by atomic mass is 28.4. The molecule has 0 heterocycles. The van der Waals surface area contributed by atoms with Gasteiger partial charge in [0.2, 0.25) is 0 Å². The average Bonchev–Trinajstić information content (AvgIpc) is 3.47. The summed E-state index contributed by atoms with van der Waals surface area (Å²) in [6.07, 6.45) is 15.0. The molecule has 4 aliphatic rings. The Kier molecular flexibility index (Phi) is 4.42. The van der Waals surface area contributed by atoms with Crippen molar-refractivity contribution >= 4 is 13.7 Å². The molecule has 0 aliphatic heterocycles. The fraction of sp³-hybridized carbons (Fsp3) is 0.565. The molecule has 2 nitrogen and oxygen atoms in total. The SMILES string of the molecule is C[Si](OCC1CC2C=CC1C2)(OCC1CC2C=CC1C2)c1ccccc1. The Hall–Kier alpha value is -1.16. The lowest BCUT2D eigenvalue weighted by molar-refractivity contribution is 0.128. The summed E-state index contributed by atoms with van der Waals surface area (Å²) < 4.78 is 13.3. The Morgan fingerprint density at radius 3 is 1.73 bits per heavy atom. The molecule has 0 spiro atoms. The van der Waals surface area contributed by atoms with Gasteiger partial charge in [-0.25, -0.2) is 0 Å². The lowest BCUT2D eigenvalue weighted by atomic mass is 9.95. The van der Waals surface area contributed by atoms with E-state index < -0.39 is 8.56 Å². The second kappa shape index (κ2) is 6.77. The highest BCUT2D eigenvalue weighted by molar-refractivity contribution is 6.79. The van der Waals surface area contributed by atoms with E-state index in [0.717, 1.165) is 36.9 Å². The summed E-state index contributed by atoms with van der Waals surface area (Å²) in [5.41, 5.74) is 0. The van der Waals surface area contributed by atoms with Gasteiger partial charge in [-0.3, -0.25) is 0 Å². The zero-order valence-electron chi connectivity index (χ0n) is 15.7.